The Morgan fingerprint density at radius 1 is 1.50 bits per heavy atom. The fourth-order valence-electron chi connectivity index (χ4n) is 2.11. The first-order valence-corrected chi connectivity index (χ1v) is 6.44. The van der Waals surface area contributed by atoms with Crippen molar-refractivity contribution in [3.63, 3.8) is 0 Å². The van der Waals surface area contributed by atoms with Gasteiger partial charge in [0.2, 0.25) is 0 Å². The molecule has 0 bridgehead atoms. The van der Waals surface area contributed by atoms with Crippen LogP contribution in [-0.2, 0) is 4.74 Å². The van der Waals surface area contributed by atoms with E-state index in [9.17, 15) is 4.79 Å². The maximum Gasteiger partial charge on any atom is 0.261 e. The van der Waals surface area contributed by atoms with Gasteiger partial charge in [-0.05, 0) is 6.42 Å². The average molecular weight is 271 g/mol. The van der Waals surface area contributed by atoms with Crippen LogP contribution in [0.5, 0.6) is 5.75 Å². The van der Waals surface area contributed by atoms with Crippen LogP contribution < -0.4 is 21.1 Å². The molecule has 100 valence electrons. The fraction of sp³-hybridized carbons (Fsp3) is 0.545. The number of anilines is 2. The SMILES string of the molecule is COc1c(N2CCC(OC)C2)sc(C(N)=O)c1N. The summed E-state index contributed by atoms with van der Waals surface area (Å²) >= 11 is 1.27. The van der Waals surface area contributed by atoms with Crippen molar-refractivity contribution in [1.82, 2.24) is 0 Å². The molecule has 0 radical (unpaired) electrons. The summed E-state index contributed by atoms with van der Waals surface area (Å²) in [5, 5.41) is 0.850. The van der Waals surface area contributed by atoms with Gasteiger partial charge in [-0.1, -0.05) is 0 Å². The van der Waals surface area contributed by atoms with E-state index in [0.717, 1.165) is 24.5 Å². The van der Waals surface area contributed by atoms with Crippen molar-refractivity contribution in [2.45, 2.75) is 12.5 Å². The highest BCUT2D eigenvalue weighted by molar-refractivity contribution is 7.19. The number of ether oxygens (including phenoxy) is 2. The zero-order chi connectivity index (χ0) is 13.3. The second-order valence-corrected chi connectivity index (χ2v) is 5.14. The summed E-state index contributed by atoms with van der Waals surface area (Å²) in [6.45, 7) is 1.62. The number of methoxy groups -OCH3 is 2. The molecule has 18 heavy (non-hydrogen) atoms. The van der Waals surface area contributed by atoms with E-state index in [4.69, 9.17) is 20.9 Å². The third-order valence-corrected chi connectivity index (χ3v) is 4.34. The molecule has 0 aromatic carbocycles. The standard InChI is InChI=1S/C11H17N3O3S/c1-16-6-3-4-14(5-6)11-8(17-2)7(12)9(18-11)10(13)15/h6H,3-5,12H2,1-2H3,(H2,13,15). The van der Waals surface area contributed by atoms with Gasteiger partial charge >= 0.3 is 0 Å². The molecule has 4 N–H and O–H groups in total. The summed E-state index contributed by atoms with van der Waals surface area (Å²) in [7, 11) is 3.24. The number of amides is 1. The maximum absolute atomic E-state index is 11.3. The molecule has 0 aliphatic carbocycles. The van der Waals surface area contributed by atoms with Crippen molar-refractivity contribution in [2.75, 3.05) is 37.9 Å². The Bertz CT molecular complexity index is 461. The highest BCUT2D eigenvalue weighted by Crippen LogP contribution is 2.45. The van der Waals surface area contributed by atoms with Gasteiger partial charge < -0.3 is 25.8 Å². The molecule has 1 aliphatic heterocycles. The fourth-order valence-corrected chi connectivity index (χ4v) is 3.19. The molecule has 1 aromatic rings. The monoisotopic (exact) mass is 271 g/mol. The molecule has 1 amide bonds. The molecule has 6 nitrogen and oxygen atoms in total. The van der Waals surface area contributed by atoms with Crippen LogP contribution >= 0.6 is 11.3 Å². The van der Waals surface area contributed by atoms with E-state index in [1.807, 2.05) is 0 Å². The third kappa shape index (κ3) is 2.11. The number of nitrogens with zero attached hydrogens (tertiary/aromatic N) is 1. The molecule has 1 fully saturated rings. The maximum atomic E-state index is 11.3. The lowest BCUT2D eigenvalue weighted by Crippen LogP contribution is -2.21. The van der Waals surface area contributed by atoms with E-state index in [1.54, 1.807) is 7.11 Å². The van der Waals surface area contributed by atoms with Crippen LogP contribution in [0, 0.1) is 0 Å². The molecular formula is C11H17N3O3S. The second-order valence-electron chi connectivity index (χ2n) is 4.14. The molecule has 2 rings (SSSR count). The van der Waals surface area contributed by atoms with Crippen molar-refractivity contribution in [3.8, 4) is 5.75 Å². The van der Waals surface area contributed by atoms with Gasteiger partial charge in [-0.15, -0.1) is 11.3 Å². The number of nitrogen functional groups attached to an aromatic ring is 1. The molecule has 1 atom stereocenters. The number of thiophene rings is 1. The Morgan fingerprint density at radius 3 is 2.72 bits per heavy atom. The van der Waals surface area contributed by atoms with Crippen LogP contribution in [0.2, 0.25) is 0 Å². The van der Waals surface area contributed by atoms with Crippen LogP contribution in [-0.4, -0.2) is 39.3 Å². The normalized spacial score (nSPS) is 19.2. The van der Waals surface area contributed by atoms with Gasteiger partial charge in [0, 0.05) is 20.2 Å². The van der Waals surface area contributed by atoms with Crippen LogP contribution in [0.25, 0.3) is 0 Å². The lowest BCUT2D eigenvalue weighted by atomic mass is 10.3. The highest BCUT2D eigenvalue weighted by Gasteiger charge is 2.29. The molecule has 0 saturated carbocycles. The number of hydrogen-bond donors (Lipinski definition) is 2. The van der Waals surface area contributed by atoms with Crippen molar-refractivity contribution >= 4 is 27.9 Å². The van der Waals surface area contributed by atoms with Crippen molar-refractivity contribution in [1.29, 1.82) is 0 Å². The van der Waals surface area contributed by atoms with Gasteiger partial charge in [-0.2, -0.15) is 0 Å². The number of hydrogen-bond acceptors (Lipinski definition) is 6. The summed E-state index contributed by atoms with van der Waals surface area (Å²) in [6, 6.07) is 0. The first-order valence-electron chi connectivity index (χ1n) is 5.62. The number of primary amides is 1. The van der Waals surface area contributed by atoms with E-state index in [1.165, 1.54) is 18.4 Å². The van der Waals surface area contributed by atoms with E-state index < -0.39 is 5.91 Å². The van der Waals surface area contributed by atoms with Gasteiger partial charge in [0.15, 0.2) is 5.75 Å². The molecule has 2 heterocycles. The van der Waals surface area contributed by atoms with Gasteiger partial charge in [-0.3, -0.25) is 4.79 Å². The first-order chi connectivity index (χ1) is 8.58. The van der Waals surface area contributed by atoms with E-state index in [0.29, 0.717) is 16.3 Å². The molecule has 0 spiro atoms. The number of rotatable bonds is 4. The minimum absolute atomic E-state index is 0.204. The Labute approximate surface area is 109 Å². The first kappa shape index (κ1) is 13.0. The van der Waals surface area contributed by atoms with Crippen LogP contribution in [0.15, 0.2) is 0 Å². The smallest absolute Gasteiger partial charge is 0.261 e. The number of carbonyl (C=O) groups is 1. The Balaban J connectivity index is 2.33. The minimum atomic E-state index is -0.524. The molecular weight excluding hydrogens is 254 g/mol. The number of nitrogens with two attached hydrogens (primary N) is 2. The highest BCUT2D eigenvalue weighted by atomic mass is 32.1. The molecule has 1 unspecified atom stereocenters. The van der Waals surface area contributed by atoms with Crippen LogP contribution in [0.4, 0.5) is 10.7 Å². The summed E-state index contributed by atoms with van der Waals surface area (Å²) in [5.41, 5.74) is 11.5. The Hall–Kier alpha value is -1.47. The molecule has 1 aromatic heterocycles. The summed E-state index contributed by atoms with van der Waals surface area (Å²) in [5.74, 6) is 0.00934. The molecule has 1 saturated heterocycles. The zero-order valence-corrected chi connectivity index (χ0v) is 11.3. The third-order valence-electron chi connectivity index (χ3n) is 3.08. The summed E-state index contributed by atoms with van der Waals surface area (Å²) in [4.78, 5) is 13.8. The van der Waals surface area contributed by atoms with E-state index >= 15 is 0 Å². The lowest BCUT2D eigenvalue weighted by molar-refractivity contribution is 0.100. The van der Waals surface area contributed by atoms with Gasteiger partial charge in [0.25, 0.3) is 5.91 Å². The van der Waals surface area contributed by atoms with Gasteiger partial charge in [0.1, 0.15) is 15.6 Å². The second kappa shape index (κ2) is 5.03. The topological polar surface area (TPSA) is 90.8 Å². The Kier molecular flexibility index (Phi) is 3.63. The number of carbonyl (C=O) groups excluding carboxylic acids is 1. The van der Waals surface area contributed by atoms with E-state index in [-0.39, 0.29) is 6.10 Å². The average Bonchev–Trinajstić information content (AvgIpc) is 2.92. The molecule has 7 heteroatoms. The minimum Gasteiger partial charge on any atom is -0.492 e. The Morgan fingerprint density at radius 2 is 2.22 bits per heavy atom. The van der Waals surface area contributed by atoms with Gasteiger partial charge in [-0.25, -0.2) is 0 Å². The predicted octanol–water partition coefficient (Wildman–Crippen LogP) is 0.663. The molecule has 1 aliphatic rings. The van der Waals surface area contributed by atoms with Crippen molar-refractivity contribution < 1.29 is 14.3 Å². The zero-order valence-electron chi connectivity index (χ0n) is 10.4. The van der Waals surface area contributed by atoms with Gasteiger partial charge in [0.05, 0.1) is 13.2 Å². The summed E-state index contributed by atoms with van der Waals surface area (Å²) in [6.07, 6.45) is 1.15. The predicted molar refractivity (Wildman–Crippen MR) is 71.4 cm³/mol. The largest absolute Gasteiger partial charge is 0.492 e. The lowest BCUT2D eigenvalue weighted by Gasteiger charge is -2.17. The summed E-state index contributed by atoms with van der Waals surface area (Å²) < 4.78 is 10.6. The van der Waals surface area contributed by atoms with Crippen molar-refractivity contribution in [3.05, 3.63) is 4.88 Å². The van der Waals surface area contributed by atoms with Crippen LogP contribution in [0.3, 0.4) is 0 Å². The quantitative estimate of drug-likeness (QED) is 0.839. The van der Waals surface area contributed by atoms with Crippen molar-refractivity contribution in [2.24, 2.45) is 5.73 Å². The van der Waals surface area contributed by atoms with E-state index in [2.05, 4.69) is 4.90 Å². The van der Waals surface area contributed by atoms with Crippen LogP contribution in [0.1, 0.15) is 16.1 Å².